The molecule has 2 heterocycles. The molecular weight excluding hydrogens is 464 g/mol. The van der Waals surface area contributed by atoms with Gasteiger partial charge in [0, 0.05) is 17.6 Å². The summed E-state index contributed by atoms with van der Waals surface area (Å²) in [5.74, 6) is 0.370. The first-order valence-corrected chi connectivity index (χ1v) is 12.0. The molecule has 33 heavy (non-hydrogen) atoms. The molecule has 0 fully saturated rings. The summed E-state index contributed by atoms with van der Waals surface area (Å²) in [7, 11) is -2.54. The lowest BCUT2D eigenvalue weighted by Gasteiger charge is -2.26. The predicted molar refractivity (Wildman–Crippen MR) is 126 cm³/mol. The Bertz CT molecular complexity index is 1360. The van der Waals surface area contributed by atoms with Crippen molar-refractivity contribution < 1.29 is 22.4 Å². The summed E-state index contributed by atoms with van der Waals surface area (Å²) in [6, 6.07) is 18.5. The van der Waals surface area contributed by atoms with Crippen molar-refractivity contribution in [3.63, 3.8) is 0 Å². The molecule has 0 aliphatic carbocycles. The number of methoxy groups -OCH3 is 1. The van der Waals surface area contributed by atoms with Crippen LogP contribution in [0.25, 0.3) is 10.9 Å². The van der Waals surface area contributed by atoms with Gasteiger partial charge < -0.3 is 14.4 Å². The number of nitrogens with zero attached hydrogens (tertiary/aromatic N) is 2. The molecule has 2 aromatic heterocycles. The van der Waals surface area contributed by atoms with Gasteiger partial charge in [0.25, 0.3) is 10.1 Å². The Morgan fingerprint density at radius 1 is 1.09 bits per heavy atom. The Hall–Kier alpha value is -2.91. The van der Waals surface area contributed by atoms with E-state index in [4.69, 9.17) is 20.5 Å². The van der Waals surface area contributed by atoms with E-state index in [0.717, 1.165) is 16.5 Å². The van der Waals surface area contributed by atoms with Crippen molar-refractivity contribution in [3.05, 3.63) is 89.2 Å². The zero-order chi connectivity index (χ0) is 23.6. The maximum Gasteiger partial charge on any atom is 0.297 e. The van der Waals surface area contributed by atoms with Gasteiger partial charge in [-0.25, -0.2) is 0 Å². The summed E-state index contributed by atoms with van der Waals surface area (Å²) in [6.45, 7) is 1.42. The maximum atomic E-state index is 12.6. The van der Waals surface area contributed by atoms with Crippen LogP contribution in [-0.2, 0) is 14.3 Å². The van der Waals surface area contributed by atoms with Crippen LogP contribution in [0.1, 0.15) is 17.2 Å². The smallest absolute Gasteiger partial charge is 0.297 e. The number of hydrogen-bond donors (Lipinski definition) is 1. The Labute approximate surface area is 197 Å². The average Bonchev–Trinajstić information content (AvgIpc) is 3.23. The van der Waals surface area contributed by atoms with Gasteiger partial charge in [-0.15, -0.1) is 0 Å². The van der Waals surface area contributed by atoms with Gasteiger partial charge in [-0.1, -0.05) is 59.6 Å². The fourth-order valence-corrected chi connectivity index (χ4v) is 4.91. The van der Waals surface area contributed by atoms with E-state index in [1.54, 1.807) is 29.0 Å². The Kier molecular flexibility index (Phi) is 6.71. The number of pyridine rings is 1. The van der Waals surface area contributed by atoms with Crippen LogP contribution in [0.2, 0.25) is 5.15 Å². The molecule has 9 heteroatoms. The molecule has 2 aromatic carbocycles. The summed E-state index contributed by atoms with van der Waals surface area (Å²) in [5, 5.41) is 12.1. The van der Waals surface area contributed by atoms with Crippen molar-refractivity contribution in [2.75, 3.05) is 13.7 Å². The lowest BCUT2D eigenvalue weighted by atomic mass is 10.0. The SMILES string of the molecule is COc1cc2ccn(C(c3ccccc3)C(O)COS(=O)(=O)c3ccc(C)cc3)c2c(Cl)n1. The van der Waals surface area contributed by atoms with E-state index in [0.29, 0.717) is 11.4 Å². The molecule has 0 aliphatic rings. The van der Waals surface area contributed by atoms with E-state index in [9.17, 15) is 13.5 Å². The number of halogens is 1. The highest BCUT2D eigenvalue weighted by atomic mass is 35.5. The molecular formula is C24H23ClN2O5S. The molecule has 0 saturated heterocycles. The van der Waals surface area contributed by atoms with Crippen LogP contribution < -0.4 is 4.74 Å². The van der Waals surface area contributed by atoms with Crippen molar-refractivity contribution in [3.8, 4) is 5.88 Å². The second-order valence-electron chi connectivity index (χ2n) is 7.59. The second-order valence-corrected chi connectivity index (χ2v) is 9.56. The lowest BCUT2D eigenvalue weighted by molar-refractivity contribution is 0.0785. The number of benzene rings is 2. The lowest BCUT2D eigenvalue weighted by Crippen LogP contribution is -2.30. The molecule has 4 rings (SSSR count). The Morgan fingerprint density at radius 2 is 1.79 bits per heavy atom. The van der Waals surface area contributed by atoms with Crippen molar-refractivity contribution >= 4 is 32.6 Å². The molecule has 2 atom stereocenters. The predicted octanol–water partition coefficient (Wildman–Crippen LogP) is 4.36. The van der Waals surface area contributed by atoms with E-state index in [1.807, 2.05) is 43.3 Å². The van der Waals surface area contributed by atoms with Gasteiger partial charge in [0.05, 0.1) is 30.2 Å². The van der Waals surface area contributed by atoms with Gasteiger partial charge in [-0.2, -0.15) is 13.4 Å². The molecule has 7 nitrogen and oxygen atoms in total. The molecule has 0 bridgehead atoms. The minimum absolute atomic E-state index is 0.0299. The maximum absolute atomic E-state index is 12.6. The highest BCUT2D eigenvalue weighted by Crippen LogP contribution is 2.33. The van der Waals surface area contributed by atoms with Crippen molar-refractivity contribution in [1.82, 2.24) is 9.55 Å². The molecule has 0 aliphatic heterocycles. The number of ether oxygens (including phenoxy) is 1. The van der Waals surface area contributed by atoms with Gasteiger partial charge in [0.2, 0.25) is 5.88 Å². The highest BCUT2D eigenvalue weighted by Gasteiger charge is 2.28. The third-order valence-corrected chi connectivity index (χ3v) is 6.91. The monoisotopic (exact) mass is 486 g/mol. The van der Waals surface area contributed by atoms with Crippen LogP contribution in [-0.4, -0.2) is 42.9 Å². The topological polar surface area (TPSA) is 90.7 Å². The zero-order valence-electron chi connectivity index (χ0n) is 18.1. The first kappa shape index (κ1) is 23.3. The van der Waals surface area contributed by atoms with Gasteiger partial charge >= 0.3 is 0 Å². The summed E-state index contributed by atoms with van der Waals surface area (Å²) < 4.78 is 37.5. The summed E-state index contributed by atoms with van der Waals surface area (Å²) in [6.07, 6.45) is 0.564. The minimum Gasteiger partial charge on any atom is -0.481 e. The van der Waals surface area contributed by atoms with Crippen molar-refractivity contribution in [1.29, 1.82) is 0 Å². The molecule has 172 valence electrons. The summed E-state index contributed by atoms with van der Waals surface area (Å²) in [5.41, 5.74) is 2.28. The van der Waals surface area contributed by atoms with E-state index in [2.05, 4.69) is 4.98 Å². The first-order valence-electron chi connectivity index (χ1n) is 10.2. The number of rotatable bonds is 8. The number of hydrogen-bond acceptors (Lipinski definition) is 6. The van der Waals surface area contributed by atoms with Crippen LogP contribution in [0, 0.1) is 6.92 Å². The molecule has 1 N–H and O–H groups in total. The minimum atomic E-state index is -4.04. The number of aromatic nitrogens is 2. The van der Waals surface area contributed by atoms with Gasteiger partial charge in [0.1, 0.15) is 6.10 Å². The fraction of sp³-hybridized carbons (Fsp3) is 0.208. The molecule has 4 aromatic rings. The molecule has 2 unspecified atom stereocenters. The van der Waals surface area contributed by atoms with E-state index in [1.165, 1.54) is 19.2 Å². The fourth-order valence-electron chi connectivity index (χ4n) is 3.70. The third-order valence-electron chi connectivity index (χ3n) is 5.35. The van der Waals surface area contributed by atoms with Crippen LogP contribution in [0.5, 0.6) is 5.88 Å². The molecule has 0 amide bonds. The van der Waals surface area contributed by atoms with Crippen LogP contribution in [0.4, 0.5) is 0 Å². The van der Waals surface area contributed by atoms with E-state index < -0.39 is 28.9 Å². The van der Waals surface area contributed by atoms with Gasteiger partial charge in [0.15, 0.2) is 5.15 Å². The van der Waals surface area contributed by atoms with Crippen LogP contribution in [0.3, 0.4) is 0 Å². The highest BCUT2D eigenvalue weighted by molar-refractivity contribution is 7.86. The Balaban J connectivity index is 1.69. The largest absolute Gasteiger partial charge is 0.481 e. The number of aliphatic hydroxyl groups excluding tert-OH is 1. The van der Waals surface area contributed by atoms with Gasteiger partial charge in [-0.05, 0) is 30.7 Å². The molecule has 0 spiro atoms. The number of aryl methyl sites for hydroxylation is 1. The van der Waals surface area contributed by atoms with Crippen LogP contribution in [0.15, 0.2) is 77.8 Å². The van der Waals surface area contributed by atoms with E-state index in [-0.39, 0.29) is 10.0 Å². The van der Waals surface area contributed by atoms with E-state index >= 15 is 0 Å². The van der Waals surface area contributed by atoms with Crippen molar-refractivity contribution in [2.45, 2.75) is 24.0 Å². The number of aliphatic hydroxyl groups is 1. The third kappa shape index (κ3) is 4.89. The normalized spacial score (nSPS) is 13.7. The van der Waals surface area contributed by atoms with Crippen LogP contribution >= 0.6 is 11.6 Å². The second kappa shape index (κ2) is 9.52. The first-order chi connectivity index (χ1) is 15.8. The zero-order valence-corrected chi connectivity index (χ0v) is 19.6. The summed E-state index contributed by atoms with van der Waals surface area (Å²) in [4.78, 5) is 4.26. The summed E-state index contributed by atoms with van der Waals surface area (Å²) >= 11 is 6.45. The molecule has 0 radical (unpaired) electrons. The number of fused-ring (bicyclic) bond motifs is 1. The Morgan fingerprint density at radius 3 is 2.45 bits per heavy atom. The quantitative estimate of drug-likeness (QED) is 0.294. The van der Waals surface area contributed by atoms with Crippen molar-refractivity contribution in [2.24, 2.45) is 0 Å². The van der Waals surface area contributed by atoms with Gasteiger partial charge in [-0.3, -0.25) is 4.18 Å². The standard InChI is InChI=1S/C24H23ClN2O5S/c1-16-8-10-19(11-9-16)33(29,30)32-15-20(28)22(17-6-4-3-5-7-17)27-13-12-18-14-21(31-2)26-24(25)23(18)27/h3-14,20,22,28H,15H2,1-2H3. The molecule has 0 saturated carbocycles. The average molecular weight is 487 g/mol.